The lowest BCUT2D eigenvalue weighted by Crippen LogP contribution is -2.52. The number of carboxylic acid groups (broad SMARTS) is 1. The third kappa shape index (κ3) is 2.58. The zero-order valence-corrected chi connectivity index (χ0v) is 11.8. The number of hydrogen-bond donors (Lipinski definition) is 1. The van der Waals surface area contributed by atoms with Gasteiger partial charge in [0.2, 0.25) is 0 Å². The van der Waals surface area contributed by atoms with Crippen LogP contribution in [0.25, 0.3) is 0 Å². The van der Waals surface area contributed by atoms with E-state index in [0.29, 0.717) is 0 Å². The quantitative estimate of drug-likeness (QED) is 0.896. The van der Waals surface area contributed by atoms with Crippen LogP contribution in [0.15, 0.2) is 11.6 Å². The third-order valence-corrected chi connectivity index (χ3v) is 3.98. The number of rotatable bonds is 2. The highest BCUT2D eigenvalue weighted by molar-refractivity contribution is 7.13. The van der Waals surface area contributed by atoms with Crippen LogP contribution in [-0.2, 0) is 0 Å². The smallest absolute Gasteiger partial charge is 0.408 e. The Morgan fingerprint density at radius 2 is 2.33 bits per heavy atom. The van der Waals surface area contributed by atoms with E-state index >= 15 is 0 Å². The Morgan fingerprint density at radius 1 is 1.61 bits per heavy atom. The van der Waals surface area contributed by atoms with Gasteiger partial charge in [0.05, 0.1) is 6.04 Å². The van der Waals surface area contributed by atoms with Gasteiger partial charge in [-0.25, -0.2) is 9.78 Å². The zero-order valence-electron chi connectivity index (χ0n) is 11.0. The maximum Gasteiger partial charge on any atom is 0.408 e. The van der Waals surface area contributed by atoms with E-state index in [2.05, 4.69) is 9.88 Å². The van der Waals surface area contributed by atoms with E-state index in [1.165, 1.54) is 0 Å². The molecule has 1 unspecified atom stereocenters. The molecule has 1 aromatic rings. The van der Waals surface area contributed by atoms with Crippen molar-refractivity contribution in [2.75, 3.05) is 18.0 Å². The summed E-state index contributed by atoms with van der Waals surface area (Å²) in [6.45, 7) is 7.42. The highest BCUT2D eigenvalue weighted by atomic mass is 32.1. The highest BCUT2D eigenvalue weighted by Gasteiger charge is 2.37. The molecule has 5 nitrogen and oxygen atoms in total. The van der Waals surface area contributed by atoms with E-state index in [9.17, 15) is 9.90 Å². The maximum atomic E-state index is 11.4. The normalized spacial score (nSPS) is 20.2. The lowest BCUT2D eigenvalue weighted by molar-refractivity contribution is 0.0763. The van der Waals surface area contributed by atoms with Crippen LogP contribution in [0, 0.1) is 0 Å². The number of anilines is 1. The summed E-state index contributed by atoms with van der Waals surface area (Å²) in [5.41, 5.74) is -0.366. The largest absolute Gasteiger partial charge is 0.465 e. The van der Waals surface area contributed by atoms with Gasteiger partial charge in [0, 0.05) is 30.2 Å². The summed E-state index contributed by atoms with van der Waals surface area (Å²) in [4.78, 5) is 19.4. The number of carbonyl (C=O) groups is 1. The lowest BCUT2D eigenvalue weighted by Gasteiger charge is -2.37. The Hall–Kier alpha value is -1.30. The molecule has 6 heteroatoms. The second kappa shape index (κ2) is 4.76. The van der Waals surface area contributed by atoms with Gasteiger partial charge in [-0.15, -0.1) is 11.3 Å². The summed E-state index contributed by atoms with van der Waals surface area (Å²) >= 11 is 1.60. The molecule has 18 heavy (non-hydrogen) atoms. The lowest BCUT2D eigenvalue weighted by atomic mass is 10.0. The zero-order chi connectivity index (χ0) is 13.3. The predicted molar refractivity (Wildman–Crippen MR) is 72.3 cm³/mol. The fourth-order valence-electron chi connectivity index (χ4n) is 2.49. The van der Waals surface area contributed by atoms with Crippen molar-refractivity contribution in [1.82, 2.24) is 9.88 Å². The molecule has 2 heterocycles. The van der Waals surface area contributed by atoms with Gasteiger partial charge in [-0.2, -0.15) is 0 Å². The molecule has 1 aromatic heterocycles. The van der Waals surface area contributed by atoms with Crippen LogP contribution < -0.4 is 4.90 Å². The van der Waals surface area contributed by atoms with Crippen LogP contribution in [0.4, 0.5) is 9.93 Å². The molecule has 0 aliphatic carbocycles. The molecule has 1 saturated heterocycles. The van der Waals surface area contributed by atoms with Crippen LogP contribution in [-0.4, -0.2) is 45.8 Å². The molecule has 100 valence electrons. The van der Waals surface area contributed by atoms with Crippen molar-refractivity contribution in [2.24, 2.45) is 0 Å². The van der Waals surface area contributed by atoms with Crippen molar-refractivity contribution in [1.29, 1.82) is 0 Å². The molecular formula is C12H19N3O2S. The Balaban J connectivity index is 2.09. The van der Waals surface area contributed by atoms with Crippen molar-refractivity contribution in [3.8, 4) is 0 Å². The Bertz CT molecular complexity index is 413. The fraction of sp³-hybridized carbons (Fsp3) is 0.667. The van der Waals surface area contributed by atoms with E-state index in [4.69, 9.17) is 0 Å². The predicted octanol–water partition coefficient (Wildman–Crippen LogP) is 2.50. The second-order valence-corrected chi connectivity index (χ2v) is 6.40. The van der Waals surface area contributed by atoms with Crippen LogP contribution >= 0.6 is 11.3 Å². The first-order chi connectivity index (χ1) is 8.39. The van der Waals surface area contributed by atoms with Crippen molar-refractivity contribution in [3.63, 3.8) is 0 Å². The van der Waals surface area contributed by atoms with Gasteiger partial charge in [-0.1, -0.05) is 0 Å². The molecule has 0 bridgehead atoms. The van der Waals surface area contributed by atoms with Crippen LogP contribution in [0.1, 0.15) is 27.2 Å². The first kappa shape index (κ1) is 13.1. The molecule has 1 fully saturated rings. The van der Waals surface area contributed by atoms with Gasteiger partial charge in [0.25, 0.3) is 0 Å². The molecule has 2 rings (SSSR count). The molecule has 0 saturated carbocycles. The molecule has 0 aromatic carbocycles. The first-order valence-electron chi connectivity index (χ1n) is 6.06. The topological polar surface area (TPSA) is 56.7 Å². The van der Waals surface area contributed by atoms with Crippen molar-refractivity contribution >= 4 is 22.6 Å². The van der Waals surface area contributed by atoms with Gasteiger partial charge in [0.15, 0.2) is 5.13 Å². The minimum atomic E-state index is -0.839. The standard InChI is InChI=1S/C12H19N3O2S/c1-12(2,3)15(11(16)17)9-4-6-14(8-9)10-13-5-7-18-10/h5,7,9H,4,6,8H2,1-3H3,(H,16,17). The number of amides is 1. The molecule has 1 N–H and O–H groups in total. The van der Waals surface area contributed by atoms with Crippen LogP contribution in [0.3, 0.4) is 0 Å². The Morgan fingerprint density at radius 3 is 2.83 bits per heavy atom. The minimum absolute atomic E-state index is 0.0476. The third-order valence-electron chi connectivity index (χ3n) is 3.15. The number of nitrogens with zero attached hydrogens (tertiary/aromatic N) is 3. The fourth-order valence-corrected chi connectivity index (χ4v) is 3.17. The highest BCUT2D eigenvalue weighted by Crippen LogP contribution is 2.28. The molecule has 1 amide bonds. The Labute approximate surface area is 111 Å². The van der Waals surface area contributed by atoms with Gasteiger partial charge >= 0.3 is 6.09 Å². The maximum absolute atomic E-state index is 11.4. The molecular weight excluding hydrogens is 250 g/mol. The summed E-state index contributed by atoms with van der Waals surface area (Å²) in [5.74, 6) is 0. The SMILES string of the molecule is CC(C)(C)N(C(=O)O)C1CCN(c2nccs2)C1. The van der Waals surface area contributed by atoms with Gasteiger partial charge in [0.1, 0.15) is 0 Å². The molecule has 0 spiro atoms. The van der Waals surface area contributed by atoms with E-state index < -0.39 is 6.09 Å². The first-order valence-corrected chi connectivity index (χ1v) is 6.94. The monoisotopic (exact) mass is 269 g/mol. The Kier molecular flexibility index (Phi) is 3.47. The van der Waals surface area contributed by atoms with Gasteiger partial charge < -0.3 is 10.0 Å². The summed E-state index contributed by atoms with van der Waals surface area (Å²) in [5, 5.41) is 12.3. The van der Waals surface area contributed by atoms with E-state index in [-0.39, 0.29) is 11.6 Å². The summed E-state index contributed by atoms with van der Waals surface area (Å²) in [6, 6.07) is 0.0476. The second-order valence-electron chi connectivity index (χ2n) is 5.53. The van der Waals surface area contributed by atoms with Crippen molar-refractivity contribution in [2.45, 2.75) is 38.8 Å². The van der Waals surface area contributed by atoms with Crippen LogP contribution in [0.2, 0.25) is 0 Å². The minimum Gasteiger partial charge on any atom is -0.465 e. The molecule has 1 aliphatic rings. The number of thiazole rings is 1. The number of hydrogen-bond acceptors (Lipinski definition) is 4. The van der Waals surface area contributed by atoms with Gasteiger partial charge in [-0.05, 0) is 27.2 Å². The average Bonchev–Trinajstić information content (AvgIpc) is 2.81. The van der Waals surface area contributed by atoms with Crippen molar-refractivity contribution in [3.05, 3.63) is 11.6 Å². The molecule has 1 atom stereocenters. The summed E-state index contributed by atoms with van der Waals surface area (Å²) in [7, 11) is 0. The average molecular weight is 269 g/mol. The van der Waals surface area contributed by atoms with E-state index in [0.717, 1.165) is 24.6 Å². The molecule has 0 radical (unpaired) electrons. The van der Waals surface area contributed by atoms with Crippen molar-refractivity contribution < 1.29 is 9.90 Å². The summed E-state index contributed by atoms with van der Waals surface area (Å²) < 4.78 is 0. The number of aromatic nitrogens is 1. The summed E-state index contributed by atoms with van der Waals surface area (Å²) in [6.07, 6.45) is 1.81. The molecule has 1 aliphatic heterocycles. The van der Waals surface area contributed by atoms with E-state index in [1.54, 1.807) is 22.4 Å². The van der Waals surface area contributed by atoms with Crippen LogP contribution in [0.5, 0.6) is 0 Å². The van der Waals surface area contributed by atoms with E-state index in [1.807, 2.05) is 26.2 Å². The van der Waals surface area contributed by atoms with Gasteiger partial charge in [-0.3, -0.25) is 4.90 Å².